The summed E-state index contributed by atoms with van der Waals surface area (Å²) in [5.74, 6) is -5.03. The van der Waals surface area contributed by atoms with Crippen molar-refractivity contribution in [3.63, 3.8) is 0 Å². The lowest BCUT2D eigenvalue weighted by Gasteiger charge is -2.24. The van der Waals surface area contributed by atoms with E-state index in [-0.39, 0.29) is 35.0 Å². The number of nitrogens with zero attached hydrogens (tertiary/aromatic N) is 1. The first-order valence-corrected chi connectivity index (χ1v) is 7.01. The monoisotopic (exact) mass is 376 g/mol. The second kappa shape index (κ2) is 5.99. The molecule has 22 heavy (non-hydrogen) atoms. The van der Waals surface area contributed by atoms with Crippen LogP contribution >= 0.6 is 15.9 Å². The van der Waals surface area contributed by atoms with Crippen LogP contribution in [0.4, 0.5) is 8.78 Å². The molecule has 0 spiro atoms. The molecule has 0 saturated carbocycles. The number of amides is 2. The average Bonchev–Trinajstić information content (AvgIpc) is 2.74. The van der Waals surface area contributed by atoms with E-state index in [4.69, 9.17) is 10.8 Å². The Morgan fingerprint density at radius 1 is 1.45 bits per heavy atom. The van der Waals surface area contributed by atoms with Crippen LogP contribution in [0.5, 0.6) is 0 Å². The minimum atomic E-state index is -1.19. The summed E-state index contributed by atoms with van der Waals surface area (Å²) in [5.41, 5.74) is 5.34. The molecule has 0 aliphatic carbocycles. The Labute approximate surface area is 132 Å². The van der Waals surface area contributed by atoms with Crippen molar-refractivity contribution in [1.82, 2.24) is 4.90 Å². The fourth-order valence-electron chi connectivity index (χ4n) is 2.34. The highest BCUT2D eigenvalue weighted by molar-refractivity contribution is 9.10. The van der Waals surface area contributed by atoms with Gasteiger partial charge in [0.15, 0.2) is 11.6 Å². The highest BCUT2D eigenvalue weighted by Crippen LogP contribution is 2.34. The van der Waals surface area contributed by atoms with Gasteiger partial charge in [-0.25, -0.2) is 8.78 Å². The summed E-state index contributed by atoms with van der Waals surface area (Å²) in [4.78, 5) is 35.4. The molecular formula is C13H11BrF2N2O4. The normalized spacial score (nSPS) is 14.9. The van der Waals surface area contributed by atoms with Gasteiger partial charge in [-0.2, -0.15) is 0 Å². The van der Waals surface area contributed by atoms with Crippen LogP contribution in [0.25, 0.3) is 0 Å². The number of benzene rings is 1. The lowest BCUT2D eigenvalue weighted by atomic mass is 10.1. The van der Waals surface area contributed by atoms with Crippen LogP contribution < -0.4 is 5.73 Å². The van der Waals surface area contributed by atoms with Crippen LogP contribution in [0.15, 0.2) is 10.5 Å². The number of halogens is 3. The molecule has 1 unspecified atom stereocenters. The number of carboxylic acid groups (broad SMARTS) is 1. The molecule has 2 rings (SSSR count). The summed E-state index contributed by atoms with van der Waals surface area (Å²) in [6.45, 7) is -0.154. The van der Waals surface area contributed by atoms with E-state index in [1.54, 1.807) is 0 Å². The second-order valence-corrected chi connectivity index (χ2v) is 5.59. The van der Waals surface area contributed by atoms with E-state index in [0.717, 1.165) is 11.0 Å². The van der Waals surface area contributed by atoms with Gasteiger partial charge in [0.25, 0.3) is 5.91 Å². The van der Waals surface area contributed by atoms with Gasteiger partial charge in [0.1, 0.15) is 6.04 Å². The summed E-state index contributed by atoms with van der Waals surface area (Å²) in [6, 6.07) is -0.401. The van der Waals surface area contributed by atoms with Gasteiger partial charge in [0, 0.05) is 24.1 Å². The Morgan fingerprint density at radius 2 is 2.09 bits per heavy atom. The Hall–Kier alpha value is -2.03. The minimum absolute atomic E-state index is 0.0765. The smallest absolute Gasteiger partial charge is 0.303 e. The predicted octanol–water partition coefficient (Wildman–Crippen LogP) is 1.40. The van der Waals surface area contributed by atoms with Crippen molar-refractivity contribution in [1.29, 1.82) is 0 Å². The molecule has 6 nitrogen and oxygen atoms in total. The topological polar surface area (TPSA) is 101 Å². The lowest BCUT2D eigenvalue weighted by molar-refractivity contribution is -0.137. The third-order valence-corrected chi connectivity index (χ3v) is 4.25. The van der Waals surface area contributed by atoms with Crippen LogP contribution in [-0.4, -0.2) is 33.8 Å². The van der Waals surface area contributed by atoms with E-state index >= 15 is 0 Å². The third-order valence-electron chi connectivity index (χ3n) is 3.42. The number of primary amides is 1. The number of fused-ring (bicyclic) bond motifs is 1. The van der Waals surface area contributed by atoms with E-state index in [2.05, 4.69) is 15.9 Å². The first kappa shape index (κ1) is 16.3. The molecule has 118 valence electrons. The van der Waals surface area contributed by atoms with Crippen molar-refractivity contribution < 1.29 is 28.3 Å². The Bertz CT molecular complexity index is 680. The Balaban J connectivity index is 2.35. The highest BCUT2D eigenvalue weighted by atomic mass is 79.9. The van der Waals surface area contributed by atoms with E-state index in [1.807, 2.05) is 0 Å². The van der Waals surface area contributed by atoms with Gasteiger partial charge in [-0.3, -0.25) is 14.4 Å². The Kier molecular flexibility index (Phi) is 4.45. The van der Waals surface area contributed by atoms with E-state index in [9.17, 15) is 23.2 Å². The maximum atomic E-state index is 13.5. The molecule has 1 atom stereocenters. The molecule has 2 amide bonds. The molecule has 3 N–H and O–H groups in total. The maximum absolute atomic E-state index is 13.5. The van der Waals surface area contributed by atoms with Gasteiger partial charge in [-0.1, -0.05) is 0 Å². The number of rotatable bonds is 5. The van der Waals surface area contributed by atoms with Gasteiger partial charge >= 0.3 is 5.97 Å². The molecule has 0 aromatic heterocycles. The first-order chi connectivity index (χ1) is 10.2. The number of carbonyl (C=O) groups is 3. The van der Waals surface area contributed by atoms with E-state index < -0.39 is 35.5 Å². The van der Waals surface area contributed by atoms with Crippen LogP contribution in [0.1, 0.15) is 28.8 Å². The molecule has 9 heteroatoms. The molecule has 1 aromatic rings. The fraction of sp³-hybridized carbons (Fsp3) is 0.308. The van der Waals surface area contributed by atoms with Gasteiger partial charge in [-0.05, 0) is 28.4 Å². The number of hydrogen-bond acceptors (Lipinski definition) is 3. The molecular weight excluding hydrogens is 366 g/mol. The zero-order valence-corrected chi connectivity index (χ0v) is 12.7. The molecule has 1 heterocycles. The van der Waals surface area contributed by atoms with Crippen LogP contribution in [0, 0.1) is 11.6 Å². The second-order valence-electron chi connectivity index (χ2n) is 4.80. The fourth-order valence-corrected chi connectivity index (χ4v) is 2.87. The molecule has 0 saturated heterocycles. The summed E-state index contributed by atoms with van der Waals surface area (Å²) in [7, 11) is 0. The number of nitrogens with two attached hydrogens (primary N) is 1. The summed E-state index contributed by atoms with van der Waals surface area (Å²) in [6.07, 6.45) is -0.537. The minimum Gasteiger partial charge on any atom is -0.481 e. The standard InChI is InChI=1S/C13H11BrF2N2O4/c14-10-6-4-18(8(12(17)21)1-2-9(19)20)13(22)5(6)3-7(15)11(10)16/h3,8H,1-2,4H2,(H2,17,21)(H,19,20). The van der Waals surface area contributed by atoms with E-state index in [1.165, 1.54) is 0 Å². The summed E-state index contributed by atoms with van der Waals surface area (Å²) >= 11 is 2.88. The van der Waals surface area contributed by atoms with Crippen molar-refractivity contribution in [2.24, 2.45) is 5.73 Å². The van der Waals surface area contributed by atoms with Crippen molar-refractivity contribution >= 4 is 33.7 Å². The quantitative estimate of drug-likeness (QED) is 0.758. The number of aliphatic carboxylic acids is 1. The zero-order valence-electron chi connectivity index (χ0n) is 11.1. The molecule has 0 radical (unpaired) electrons. The zero-order chi connectivity index (χ0) is 16.6. The Morgan fingerprint density at radius 3 is 2.64 bits per heavy atom. The van der Waals surface area contributed by atoms with E-state index in [0.29, 0.717) is 0 Å². The van der Waals surface area contributed by atoms with Crippen LogP contribution in [-0.2, 0) is 16.1 Å². The third kappa shape index (κ3) is 2.80. The summed E-state index contributed by atoms with van der Waals surface area (Å²) in [5, 5.41) is 8.68. The van der Waals surface area contributed by atoms with Gasteiger partial charge in [0.05, 0.1) is 4.47 Å². The van der Waals surface area contributed by atoms with Crippen LogP contribution in [0.2, 0.25) is 0 Å². The number of carboxylic acids is 1. The first-order valence-electron chi connectivity index (χ1n) is 6.22. The molecule has 1 aliphatic heterocycles. The van der Waals surface area contributed by atoms with Crippen molar-refractivity contribution in [3.05, 3.63) is 33.3 Å². The van der Waals surface area contributed by atoms with Gasteiger partial charge in [0.2, 0.25) is 5.91 Å². The lowest BCUT2D eigenvalue weighted by Crippen LogP contribution is -2.45. The SMILES string of the molecule is NC(=O)C(CCC(=O)O)N1Cc2c(cc(F)c(F)c2Br)C1=O. The molecule has 1 aliphatic rings. The van der Waals surface area contributed by atoms with Crippen molar-refractivity contribution in [3.8, 4) is 0 Å². The van der Waals surface area contributed by atoms with Gasteiger partial charge < -0.3 is 15.7 Å². The van der Waals surface area contributed by atoms with Crippen molar-refractivity contribution in [2.45, 2.75) is 25.4 Å². The van der Waals surface area contributed by atoms with Gasteiger partial charge in [-0.15, -0.1) is 0 Å². The average molecular weight is 377 g/mol. The number of hydrogen-bond donors (Lipinski definition) is 2. The number of carbonyl (C=O) groups excluding carboxylic acids is 2. The predicted molar refractivity (Wildman–Crippen MR) is 73.8 cm³/mol. The molecule has 1 aromatic carbocycles. The van der Waals surface area contributed by atoms with Crippen molar-refractivity contribution in [2.75, 3.05) is 0 Å². The van der Waals surface area contributed by atoms with Crippen LogP contribution in [0.3, 0.4) is 0 Å². The highest BCUT2D eigenvalue weighted by Gasteiger charge is 2.38. The molecule has 0 bridgehead atoms. The molecule has 0 fully saturated rings. The summed E-state index contributed by atoms with van der Waals surface area (Å²) < 4.78 is 26.7. The maximum Gasteiger partial charge on any atom is 0.303 e. The largest absolute Gasteiger partial charge is 0.481 e.